The average molecular weight is 452 g/mol. The molecular weight excluding hydrogens is 426 g/mol. The molecule has 1 N–H and O–H groups in total. The quantitative estimate of drug-likeness (QED) is 0.635. The van der Waals surface area contributed by atoms with Crippen molar-refractivity contribution in [2.45, 2.75) is 25.9 Å². The van der Waals surface area contributed by atoms with Crippen molar-refractivity contribution >= 4 is 39.1 Å². The number of amides is 2. The van der Waals surface area contributed by atoms with Crippen LogP contribution in [0.25, 0.3) is 0 Å². The van der Waals surface area contributed by atoms with Gasteiger partial charge in [0.05, 0.1) is 17.0 Å². The van der Waals surface area contributed by atoms with Crippen molar-refractivity contribution in [1.29, 1.82) is 0 Å². The van der Waals surface area contributed by atoms with E-state index in [4.69, 9.17) is 11.6 Å². The van der Waals surface area contributed by atoms with E-state index in [1.807, 2.05) is 30.3 Å². The Morgan fingerprint density at radius 2 is 1.67 bits per heavy atom. The highest BCUT2D eigenvalue weighted by Crippen LogP contribution is 2.27. The normalized spacial score (nSPS) is 12.1. The molecule has 0 aliphatic carbocycles. The van der Waals surface area contributed by atoms with E-state index in [-0.39, 0.29) is 23.2 Å². The molecule has 2 aromatic carbocycles. The minimum Gasteiger partial charge on any atom is -0.357 e. The molecule has 0 spiro atoms. The minimum absolute atomic E-state index is 0.172. The lowest BCUT2D eigenvalue weighted by Gasteiger charge is -2.32. The van der Waals surface area contributed by atoms with Gasteiger partial charge < -0.3 is 10.2 Å². The van der Waals surface area contributed by atoms with E-state index in [2.05, 4.69) is 5.32 Å². The number of halogens is 1. The first-order valence-electron chi connectivity index (χ1n) is 9.46. The van der Waals surface area contributed by atoms with Gasteiger partial charge in [-0.25, -0.2) is 8.42 Å². The number of rotatable bonds is 9. The van der Waals surface area contributed by atoms with E-state index < -0.39 is 28.5 Å². The molecule has 162 valence electrons. The van der Waals surface area contributed by atoms with Crippen LogP contribution in [0.2, 0.25) is 5.02 Å². The second kappa shape index (κ2) is 10.4. The Bertz CT molecular complexity index is 983. The summed E-state index contributed by atoms with van der Waals surface area (Å²) in [5.74, 6) is -0.815. The molecule has 2 amide bonds. The van der Waals surface area contributed by atoms with Crippen molar-refractivity contribution < 1.29 is 18.0 Å². The molecule has 0 aromatic heterocycles. The van der Waals surface area contributed by atoms with Crippen molar-refractivity contribution in [2.75, 3.05) is 24.2 Å². The van der Waals surface area contributed by atoms with Crippen LogP contribution in [-0.2, 0) is 26.2 Å². The van der Waals surface area contributed by atoms with Crippen LogP contribution in [0.1, 0.15) is 18.9 Å². The van der Waals surface area contributed by atoms with Gasteiger partial charge in [0.25, 0.3) is 0 Å². The summed E-state index contributed by atoms with van der Waals surface area (Å²) in [4.78, 5) is 27.1. The number of carbonyl (C=O) groups excluding carboxylic acids is 2. The lowest BCUT2D eigenvalue weighted by Crippen LogP contribution is -2.51. The van der Waals surface area contributed by atoms with Gasteiger partial charge in [0.1, 0.15) is 12.6 Å². The van der Waals surface area contributed by atoms with Crippen molar-refractivity contribution in [3.8, 4) is 0 Å². The summed E-state index contributed by atoms with van der Waals surface area (Å²) in [6, 6.07) is 14.9. The predicted molar refractivity (Wildman–Crippen MR) is 119 cm³/mol. The number of benzene rings is 2. The van der Waals surface area contributed by atoms with E-state index in [1.165, 1.54) is 18.0 Å². The maximum Gasteiger partial charge on any atom is 0.244 e. The maximum absolute atomic E-state index is 13.3. The summed E-state index contributed by atoms with van der Waals surface area (Å²) in [5.41, 5.74) is 1.04. The number of nitrogens with zero attached hydrogens (tertiary/aromatic N) is 2. The zero-order chi connectivity index (χ0) is 22.3. The monoisotopic (exact) mass is 451 g/mol. The zero-order valence-electron chi connectivity index (χ0n) is 17.2. The number of nitrogens with one attached hydrogen (secondary N) is 1. The van der Waals surface area contributed by atoms with Gasteiger partial charge in [-0.15, -0.1) is 0 Å². The molecule has 30 heavy (non-hydrogen) atoms. The van der Waals surface area contributed by atoms with Crippen LogP contribution < -0.4 is 9.62 Å². The first kappa shape index (κ1) is 23.7. The molecule has 0 bridgehead atoms. The topological polar surface area (TPSA) is 86.8 Å². The molecule has 0 unspecified atom stereocenters. The van der Waals surface area contributed by atoms with Gasteiger partial charge in [-0.2, -0.15) is 0 Å². The van der Waals surface area contributed by atoms with E-state index in [9.17, 15) is 18.0 Å². The maximum atomic E-state index is 13.3. The van der Waals surface area contributed by atoms with Crippen molar-refractivity contribution in [1.82, 2.24) is 10.2 Å². The number of para-hydroxylation sites is 1. The summed E-state index contributed by atoms with van der Waals surface area (Å²) >= 11 is 6.19. The third kappa shape index (κ3) is 5.96. The molecule has 0 aliphatic rings. The van der Waals surface area contributed by atoms with Gasteiger partial charge in [0.15, 0.2) is 0 Å². The van der Waals surface area contributed by atoms with Crippen LogP contribution in [0.5, 0.6) is 0 Å². The number of likely N-dealkylation sites (N-methyl/N-ethyl adjacent to an activating group) is 1. The van der Waals surface area contributed by atoms with E-state index >= 15 is 0 Å². The third-order valence-corrected chi connectivity index (χ3v) is 6.07. The fraction of sp³-hybridized carbons (Fsp3) is 0.333. The van der Waals surface area contributed by atoms with Crippen LogP contribution in [-0.4, -0.2) is 51.0 Å². The Balaban J connectivity index is 2.42. The largest absolute Gasteiger partial charge is 0.357 e. The molecule has 2 rings (SSSR count). The molecule has 7 nitrogen and oxygen atoms in total. The smallest absolute Gasteiger partial charge is 0.244 e. The predicted octanol–water partition coefficient (Wildman–Crippen LogP) is 2.66. The molecule has 0 saturated heterocycles. The van der Waals surface area contributed by atoms with Crippen molar-refractivity contribution in [3.63, 3.8) is 0 Å². The molecular formula is C21H26ClN3O4S. The minimum atomic E-state index is -3.80. The van der Waals surface area contributed by atoms with Gasteiger partial charge >= 0.3 is 0 Å². The SMILES string of the molecule is CC[C@H](C(=O)NC)N(Cc1ccccc1)C(=O)CN(c1ccccc1Cl)S(C)(=O)=O. The first-order valence-corrected chi connectivity index (χ1v) is 11.7. The van der Waals surface area contributed by atoms with Crippen LogP contribution in [0.4, 0.5) is 5.69 Å². The first-order chi connectivity index (χ1) is 14.2. The van der Waals surface area contributed by atoms with Crippen molar-refractivity contribution in [3.05, 3.63) is 65.2 Å². The molecule has 0 aliphatic heterocycles. The third-order valence-electron chi connectivity index (χ3n) is 4.63. The highest BCUT2D eigenvalue weighted by atomic mass is 35.5. The van der Waals surface area contributed by atoms with Gasteiger partial charge in [-0.3, -0.25) is 13.9 Å². The summed E-state index contributed by atoms with van der Waals surface area (Å²) in [7, 11) is -2.30. The van der Waals surface area contributed by atoms with Gasteiger partial charge in [-0.05, 0) is 24.1 Å². The standard InChI is InChI=1S/C21H26ClN3O4S/c1-4-18(21(27)23-2)24(14-16-10-6-5-7-11-16)20(26)15-25(30(3,28)29)19-13-9-8-12-17(19)22/h5-13,18H,4,14-15H2,1-3H3,(H,23,27)/t18-/m1/s1. The highest BCUT2D eigenvalue weighted by Gasteiger charge is 2.31. The Morgan fingerprint density at radius 1 is 1.07 bits per heavy atom. The summed E-state index contributed by atoms with van der Waals surface area (Å²) in [5, 5.41) is 2.79. The molecule has 9 heteroatoms. The Kier molecular flexibility index (Phi) is 8.25. The van der Waals surface area contributed by atoms with Gasteiger partial charge in [0, 0.05) is 13.6 Å². The summed E-state index contributed by atoms with van der Waals surface area (Å²) in [6.45, 7) is 1.50. The van der Waals surface area contributed by atoms with E-state index in [1.54, 1.807) is 25.1 Å². The summed E-state index contributed by atoms with van der Waals surface area (Å²) in [6.07, 6.45) is 1.39. The van der Waals surface area contributed by atoms with Crippen LogP contribution >= 0.6 is 11.6 Å². The fourth-order valence-corrected chi connectivity index (χ4v) is 4.26. The molecule has 0 fully saturated rings. The molecule has 0 radical (unpaired) electrons. The average Bonchev–Trinajstić information content (AvgIpc) is 2.72. The van der Waals surface area contributed by atoms with E-state index in [0.29, 0.717) is 6.42 Å². The number of carbonyl (C=O) groups is 2. The highest BCUT2D eigenvalue weighted by molar-refractivity contribution is 7.92. The van der Waals surface area contributed by atoms with Crippen LogP contribution in [0, 0.1) is 0 Å². The molecule has 0 heterocycles. The van der Waals surface area contributed by atoms with Crippen LogP contribution in [0.3, 0.4) is 0 Å². The second-order valence-electron chi connectivity index (χ2n) is 6.77. The summed E-state index contributed by atoms with van der Waals surface area (Å²) < 4.78 is 25.9. The number of anilines is 1. The number of hydrogen-bond acceptors (Lipinski definition) is 4. The lowest BCUT2D eigenvalue weighted by molar-refractivity contribution is -0.140. The number of hydrogen-bond donors (Lipinski definition) is 1. The molecule has 0 saturated carbocycles. The van der Waals surface area contributed by atoms with Crippen molar-refractivity contribution in [2.24, 2.45) is 0 Å². The van der Waals surface area contributed by atoms with E-state index in [0.717, 1.165) is 16.1 Å². The number of sulfonamides is 1. The second-order valence-corrected chi connectivity index (χ2v) is 9.08. The lowest BCUT2D eigenvalue weighted by atomic mass is 10.1. The molecule has 2 aromatic rings. The Hall–Kier alpha value is -2.58. The Labute approximate surface area is 182 Å². The van der Waals surface area contributed by atoms with Crippen LogP contribution in [0.15, 0.2) is 54.6 Å². The zero-order valence-corrected chi connectivity index (χ0v) is 18.8. The fourth-order valence-electron chi connectivity index (χ4n) is 3.11. The molecule has 1 atom stereocenters. The van der Waals surface area contributed by atoms with Gasteiger partial charge in [0.2, 0.25) is 21.8 Å². The van der Waals surface area contributed by atoms with Gasteiger partial charge in [-0.1, -0.05) is 61.0 Å². The Morgan fingerprint density at radius 3 is 2.20 bits per heavy atom.